The molecule has 11 heteroatoms. The van der Waals surface area contributed by atoms with Gasteiger partial charge < -0.3 is 19.3 Å². The van der Waals surface area contributed by atoms with Gasteiger partial charge in [-0.05, 0) is 107 Å². The van der Waals surface area contributed by atoms with Crippen LogP contribution >= 0.6 is 15.6 Å². The smallest absolute Gasteiger partial charge is 0.373 e. The third-order valence-corrected chi connectivity index (χ3v) is 9.55. The maximum absolute atomic E-state index is 12.7. The number of allylic oxidation sites excluding steroid dienone is 10. The fourth-order valence-corrected chi connectivity index (χ4v) is 6.14. The van der Waals surface area contributed by atoms with Crippen LogP contribution in [0.3, 0.4) is 0 Å². The fourth-order valence-electron chi connectivity index (χ4n) is 4.11. The van der Waals surface area contributed by atoms with Crippen LogP contribution in [0.4, 0.5) is 0 Å². The highest BCUT2D eigenvalue weighted by atomic mass is 31.3. The summed E-state index contributed by atoms with van der Waals surface area (Å²) in [4.78, 5) is 18.3. The highest BCUT2D eigenvalue weighted by Gasteiger charge is 2.35. The van der Waals surface area contributed by atoms with Crippen LogP contribution in [0.2, 0.25) is 0 Å². The number of ether oxygens (including phenoxy) is 2. The molecule has 0 aromatic rings. The van der Waals surface area contributed by atoms with Crippen LogP contribution in [0.1, 0.15) is 107 Å². The van der Waals surface area contributed by atoms with Crippen molar-refractivity contribution in [2.24, 2.45) is 0 Å². The van der Waals surface area contributed by atoms with E-state index in [-0.39, 0.29) is 26.4 Å². The van der Waals surface area contributed by atoms with Crippen molar-refractivity contribution in [3.05, 3.63) is 94.2 Å². The number of phosphoric acid groups is 2. The van der Waals surface area contributed by atoms with Crippen molar-refractivity contribution in [2.75, 3.05) is 39.6 Å². The minimum absolute atomic E-state index is 0.251. The summed E-state index contributed by atoms with van der Waals surface area (Å²) < 4.78 is 49.7. The Balaban J connectivity index is 4.39. The molecule has 2 N–H and O–H groups in total. The van der Waals surface area contributed by atoms with Crippen LogP contribution in [-0.2, 0) is 32.0 Å². The van der Waals surface area contributed by atoms with Crippen molar-refractivity contribution in [2.45, 2.75) is 107 Å². The molecule has 0 unspecified atom stereocenters. The highest BCUT2D eigenvalue weighted by molar-refractivity contribution is 7.61. The van der Waals surface area contributed by atoms with Crippen LogP contribution in [0.15, 0.2) is 94.2 Å². The molecule has 0 rings (SSSR count). The Hall–Kier alpha value is -1.90. The third-order valence-electron chi connectivity index (χ3n) is 6.97. The lowest BCUT2D eigenvalue weighted by molar-refractivity contribution is 0.158. The first kappa shape index (κ1) is 47.1. The van der Waals surface area contributed by atoms with Gasteiger partial charge in [-0.25, -0.2) is 9.13 Å². The van der Waals surface area contributed by atoms with Crippen LogP contribution in [0, 0.1) is 0 Å². The largest absolute Gasteiger partial charge is 0.484 e. The van der Waals surface area contributed by atoms with Crippen molar-refractivity contribution in [3.8, 4) is 0 Å². The second-order valence-electron chi connectivity index (χ2n) is 12.5. The van der Waals surface area contributed by atoms with Crippen LogP contribution < -0.4 is 0 Å². The van der Waals surface area contributed by atoms with Gasteiger partial charge in [0.15, 0.2) is 0 Å². The van der Waals surface area contributed by atoms with Gasteiger partial charge in [-0.15, -0.1) is 0 Å². The predicted molar refractivity (Wildman–Crippen MR) is 203 cm³/mol. The molecule has 0 aliphatic rings. The van der Waals surface area contributed by atoms with Gasteiger partial charge in [0, 0.05) is 0 Å². The van der Waals surface area contributed by atoms with Gasteiger partial charge in [-0.2, -0.15) is 4.31 Å². The van der Waals surface area contributed by atoms with E-state index in [0.717, 1.165) is 51.4 Å². The summed E-state index contributed by atoms with van der Waals surface area (Å²) in [5.74, 6) is 0. The Morgan fingerprint density at radius 1 is 0.469 bits per heavy atom. The molecular formula is C38H64O9P2. The standard InChI is InChI=1S/C38H64O9P2/c1-33(2)17-13-19-35(5)21-15-23-37(7)25-31-43-27-9-11-29-45-49(42,47-48(39,40)41)46-30-12-10-28-44-32-26-38(8)24-16-22-36(6)20-14-18-34(3)4/h9-12,17-18,21-22,25-26H,13-16,19-20,23-24,27-32H2,1-8H3,(H2,39,40,41)/b11-9+,12-10+,35-21+,36-22+,37-25+,38-26+. The number of hydrogen-bond acceptors (Lipinski definition) is 7. The van der Waals surface area contributed by atoms with E-state index in [4.69, 9.17) is 28.3 Å². The summed E-state index contributed by atoms with van der Waals surface area (Å²) in [6, 6.07) is 0. The van der Waals surface area contributed by atoms with E-state index in [1.165, 1.54) is 45.6 Å². The van der Waals surface area contributed by atoms with Gasteiger partial charge in [0.05, 0.1) is 39.6 Å². The molecule has 0 aromatic heterocycles. The predicted octanol–water partition coefficient (Wildman–Crippen LogP) is 11.2. The lowest BCUT2D eigenvalue weighted by atomic mass is 10.1. The first-order valence-electron chi connectivity index (χ1n) is 17.1. The van der Waals surface area contributed by atoms with E-state index in [0.29, 0.717) is 13.2 Å². The summed E-state index contributed by atoms with van der Waals surface area (Å²) in [6.07, 6.45) is 27.8. The first-order chi connectivity index (χ1) is 23.1. The van der Waals surface area contributed by atoms with Gasteiger partial charge >= 0.3 is 15.6 Å². The second-order valence-corrected chi connectivity index (χ2v) is 15.6. The van der Waals surface area contributed by atoms with E-state index in [9.17, 15) is 9.13 Å². The van der Waals surface area contributed by atoms with E-state index in [1.807, 2.05) is 12.2 Å². The molecule has 49 heavy (non-hydrogen) atoms. The summed E-state index contributed by atoms with van der Waals surface area (Å²) >= 11 is 0. The van der Waals surface area contributed by atoms with Gasteiger partial charge in [0.1, 0.15) is 0 Å². The SMILES string of the molecule is CC(C)=CCC/C(C)=C/CC/C(C)=C/COC/C=C/COP(=O)(OC/C=C/COC/C=C(\C)CC/C=C(\C)CCC=C(C)C)OP(=O)(O)O. The van der Waals surface area contributed by atoms with Crippen molar-refractivity contribution >= 4 is 15.6 Å². The Labute approximate surface area is 297 Å². The maximum Gasteiger partial charge on any atom is 0.484 e. The highest BCUT2D eigenvalue weighted by Crippen LogP contribution is 2.61. The zero-order valence-corrected chi connectivity index (χ0v) is 33.1. The molecule has 0 aliphatic heterocycles. The molecule has 280 valence electrons. The average molecular weight is 727 g/mol. The summed E-state index contributed by atoms with van der Waals surface area (Å²) in [5, 5.41) is 0. The van der Waals surface area contributed by atoms with Crippen molar-refractivity contribution in [1.29, 1.82) is 0 Å². The van der Waals surface area contributed by atoms with Crippen LogP contribution in [0.5, 0.6) is 0 Å². The van der Waals surface area contributed by atoms with Crippen LogP contribution in [-0.4, -0.2) is 49.4 Å². The Kier molecular flexibility index (Phi) is 27.6. The quantitative estimate of drug-likeness (QED) is 0.0461. The summed E-state index contributed by atoms with van der Waals surface area (Å²) in [5.41, 5.74) is 8.00. The van der Waals surface area contributed by atoms with E-state index >= 15 is 0 Å². The van der Waals surface area contributed by atoms with Crippen LogP contribution in [0.25, 0.3) is 0 Å². The first-order valence-corrected chi connectivity index (χ1v) is 20.1. The van der Waals surface area contributed by atoms with E-state index in [2.05, 4.69) is 84.0 Å². The summed E-state index contributed by atoms with van der Waals surface area (Å²) in [7, 11) is -9.66. The molecule has 0 atom stereocenters. The molecule has 9 nitrogen and oxygen atoms in total. The maximum atomic E-state index is 12.7. The zero-order valence-electron chi connectivity index (χ0n) is 31.3. The topological polar surface area (TPSA) is 121 Å². The number of hydrogen-bond donors (Lipinski definition) is 2. The molecule has 0 radical (unpaired) electrons. The molecule has 0 aromatic carbocycles. The van der Waals surface area contributed by atoms with Crippen molar-refractivity contribution < 1.29 is 41.7 Å². The molecule has 0 saturated carbocycles. The molecule has 0 amide bonds. The minimum atomic E-state index is -5.13. The fraction of sp³-hybridized carbons (Fsp3) is 0.579. The zero-order chi connectivity index (χ0) is 37.0. The molecule has 0 saturated heterocycles. The minimum Gasteiger partial charge on any atom is -0.373 e. The molecule has 0 aliphatic carbocycles. The Bertz CT molecular complexity index is 1170. The molecular weight excluding hydrogens is 662 g/mol. The van der Waals surface area contributed by atoms with E-state index < -0.39 is 15.6 Å². The van der Waals surface area contributed by atoms with Crippen molar-refractivity contribution in [1.82, 2.24) is 0 Å². The normalized spacial score (nSPS) is 14.9. The molecule has 0 heterocycles. The van der Waals surface area contributed by atoms with Gasteiger partial charge in [0.25, 0.3) is 0 Å². The van der Waals surface area contributed by atoms with Gasteiger partial charge in [-0.3, -0.25) is 9.05 Å². The summed E-state index contributed by atoms with van der Waals surface area (Å²) in [6.45, 7) is 17.9. The average Bonchev–Trinajstić information content (AvgIpc) is 2.98. The van der Waals surface area contributed by atoms with E-state index in [1.54, 1.807) is 12.2 Å². The molecule has 0 spiro atoms. The van der Waals surface area contributed by atoms with Gasteiger partial charge in [0.2, 0.25) is 0 Å². The number of phosphoric ester groups is 1. The monoisotopic (exact) mass is 726 g/mol. The second kappa shape index (κ2) is 28.8. The molecule has 0 bridgehead atoms. The van der Waals surface area contributed by atoms with Crippen molar-refractivity contribution in [3.63, 3.8) is 0 Å². The Morgan fingerprint density at radius 3 is 1.14 bits per heavy atom. The number of rotatable bonds is 28. The third kappa shape index (κ3) is 33.0. The Morgan fingerprint density at radius 2 is 0.796 bits per heavy atom. The lowest BCUT2D eigenvalue weighted by Gasteiger charge is -2.16. The lowest BCUT2D eigenvalue weighted by Crippen LogP contribution is -2.01. The molecule has 0 fully saturated rings. The van der Waals surface area contributed by atoms with Gasteiger partial charge in [-0.1, -0.05) is 94.2 Å².